The van der Waals surface area contributed by atoms with E-state index in [1.54, 1.807) is 12.4 Å². The van der Waals surface area contributed by atoms with E-state index in [4.69, 9.17) is 0 Å². The Labute approximate surface area is 166 Å². The van der Waals surface area contributed by atoms with Crippen LogP contribution in [0.25, 0.3) is 22.3 Å². The maximum absolute atomic E-state index is 12.8. The molecule has 0 atom stereocenters. The summed E-state index contributed by atoms with van der Waals surface area (Å²) in [5.41, 5.74) is 3.47. The number of H-pyrrole nitrogens is 2. The molecule has 0 unspecified atom stereocenters. The van der Waals surface area contributed by atoms with Crippen LogP contribution < -0.4 is 15.5 Å². The molecule has 0 saturated carbocycles. The van der Waals surface area contributed by atoms with E-state index < -0.39 is 0 Å². The number of carbonyl (C=O) groups is 1. The number of hydrogen-bond acceptors (Lipinski definition) is 6. The Morgan fingerprint density at radius 3 is 2.90 bits per heavy atom. The van der Waals surface area contributed by atoms with E-state index >= 15 is 0 Å². The summed E-state index contributed by atoms with van der Waals surface area (Å²) in [7, 11) is 0. The van der Waals surface area contributed by atoms with E-state index in [1.165, 1.54) is 0 Å². The monoisotopic (exact) mass is 388 g/mol. The van der Waals surface area contributed by atoms with Gasteiger partial charge < -0.3 is 20.5 Å². The van der Waals surface area contributed by atoms with Crippen molar-refractivity contribution in [2.45, 2.75) is 0 Å². The molecule has 0 bridgehead atoms. The standard InChI is InChI=1S/C20H20N8O/c29-20(24-16-12-22-6-5-17(16)28-9-7-21-8-10-28)19-25-18(26-27-19)14-11-23-15-4-2-1-3-13(14)15/h1-6,11-12,21,23H,7-10H2,(H,24,29)(H,25,26,27). The molecular formula is C20H20N8O. The maximum Gasteiger partial charge on any atom is 0.295 e. The number of carbonyl (C=O) groups excluding carboxylic acids is 1. The summed E-state index contributed by atoms with van der Waals surface area (Å²) in [6, 6.07) is 9.83. The molecule has 146 valence electrons. The van der Waals surface area contributed by atoms with Crippen LogP contribution in [0.1, 0.15) is 10.6 Å². The van der Waals surface area contributed by atoms with Crippen molar-refractivity contribution in [3.05, 3.63) is 54.7 Å². The summed E-state index contributed by atoms with van der Waals surface area (Å²) >= 11 is 0. The minimum Gasteiger partial charge on any atom is -0.367 e. The number of nitrogens with zero attached hydrogens (tertiary/aromatic N) is 4. The van der Waals surface area contributed by atoms with Crippen molar-refractivity contribution in [3.8, 4) is 11.4 Å². The predicted molar refractivity (Wildman–Crippen MR) is 111 cm³/mol. The van der Waals surface area contributed by atoms with Gasteiger partial charge in [0.05, 0.1) is 17.6 Å². The number of amides is 1. The van der Waals surface area contributed by atoms with Gasteiger partial charge in [0.25, 0.3) is 5.91 Å². The second kappa shape index (κ2) is 7.36. The van der Waals surface area contributed by atoms with Crippen LogP contribution in [-0.4, -0.2) is 57.2 Å². The van der Waals surface area contributed by atoms with Crippen molar-refractivity contribution in [3.63, 3.8) is 0 Å². The van der Waals surface area contributed by atoms with Crippen molar-refractivity contribution in [1.82, 2.24) is 30.5 Å². The van der Waals surface area contributed by atoms with Crippen molar-refractivity contribution < 1.29 is 4.79 Å². The van der Waals surface area contributed by atoms with Gasteiger partial charge in [-0.3, -0.25) is 14.9 Å². The zero-order chi connectivity index (χ0) is 19.6. The van der Waals surface area contributed by atoms with Crippen LogP contribution in [0, 0.1) is 0 Å². The number of aromatic amines is 2. The van der Waals surface area contributed by atoms with Crippen LogP contribution in [0.3, 0.4) is 0 Å². The molecule has 29 heavy (non-hydrogen) atoms. The first kappa shape index (κ1) is 17.4. The summed E-state index contributed by atoms with van der Waals surface area (Å²) in [5, 5.41) is 14.2. The predicted octanol–water partition coefficient (Wildman–Crippen LogP) is 2.01. The second-order valence-electron chi connectivity index (χ2n) is 6.84. The number of para-hydroxylation sites is 1. The van der Waals surface area contributed by atoms with Crippen LogP contribution in [0.2, 0.25) is 0 Å². The molecule has 4 aromatic rings. The van der Waals surface area contributed by atoms with Gasteiger partial charge in [-0.25, -0.2) is 4.98 Å². The highest BCUT2D eigenvalue weighted by molar-refractivity contribution is 6.04. The number of rotatable bonds is 4. The molecule has 9 nitrogen and oxygen atoms in total. The van der Waals surface area contributed by atoms with E-state index in [0.29, 0.717) is 11.5 Å². The lowest BCUT2D eigenvalue weighted by atomic mass is 10.2. The lowest BCUT2D eigenvalue weighted by molar-refractivity contribution is 0.101. The number of fused-ring (bicyclic) bond motifs is 1. The number of nitrogens with one attached hydrogen (secondary N) is 4. The Bertz CT molecular complexity index is 1160. The second-order valence-corrected chi connectivity index (χ2v) is 6.84. The number of benzene rings is 1. The average Bonchev–Trinajstić information content (AvgIpc) is 3.42. The van der Waals surface area contributed by atoms with Gasteiger partial charge >= 0.3 is 0 Å². The molecule has 3 aromatic heterocycles. The Balaban J connectivity index is 1.39. The lowest BCUT2D eigenvalue weighted by Crippen LogP contribution is -2.43. The van der Waals surface area contributed by atoms with Crippen LogP contribution in [-0.2, 0) is 0 Å². The lowest BCUT2D eigenvalue weighted by Gasteiger charge is -2.30. The fraction of sp³-hybridized carbons (Fsp3) is 0.200. The molecule has 5 rings (SSSR count). The third kappa shape index (κ3) is 3.32. The molecule has 1 saturated heterocycles. The van der Waals surface area contributed by atoms with Gasteiger partial charge in [0, 0.05) is 55.0 Å². The van der Waals surface area contributed by atoms with Gasteiger partial charge in [-0.05, 0) is 12.1 Å². The van der Waals surface area contributed by atoms with Gasteiger partial charge in [0.2, 0.25) is 5.82 Å². The molecule has 0 aliphatic carbocycles. The van der Waals surface area contributed by atoms with Crippen molar-refractivity contribution in [1.29, 1.82) is 0 Å². The van der Waals surface area contributed by atoms with E-state index in [-0.39, 0.29) is 11.7 Å². The largest absolute Gasteiger partial charge is 0.367 e. The highest BCUT2D eigenvalue weighted by Gasteiger charge is 2.19. The van der Waals surface area contributed by atoms with Gasteiger partial charge in [0.15, 0.2) is 5.82 Å². The Morgan fingerprint density at radius 2 is 2.00 bits per heavy atom. The van der Waals surface area contributed by atoms with E-state index in [1.807, 2.05) is 36.5 Å². The number of aromatic nitrogens is 5. The number of hydrogen-bond donors (Lipinski definition) is 4. The summed E-state index contributed by atoms with van der Waals surface area (Å²) in [4.78, 5) is 26.8. The molecule has 4 N–H and O–H groups in total. The smallest absolute Gasteiger partial charge is 0.295 e. The zero-order valence-electron chi connectivity index (χ0n) is 15.6. The molecule has 4 heterocycles. The summed E-state index contributed by atoms with van der Waals surface area (Å²) < 4.78 is 0. The quantitative estimate of drug-likeness (QED) is 0.425. The van der Waals surface area contributed by atoms with Crippen LogP contribution in [0.5, 0.6) is 0 Å². The Morgan fingerprint density at radius 1 is 1.14 bits per heavy atom. The molecular weight excluding hydrogens is 368 g/mol. The first-order valence-electron chi connectivity index (χ1n) is 9.49. The van der Waals surface area contributed by atoms with Gasteiger partial charge in [-0.2, -0.15) is 0 Å². The first-order valence-corrected chi connectivity index (χ1v) is 9.49. The molecule has 0 radical (unpaired) electrons. The van der Waals surface area contributed by atoms with Crippen molar-refractivity contribution in [2.24, 2.45) is 0 Å². The molecule has 1 aromatic carbocycles. The molecule has 0 spiro atoms. The first-order chi connectivity index (χ1) is 14.3. The summed E-state index contributed by atoms with van der Waals surface area (Å²) in [6.07, 6.45) is 5.24. The summed E-state index contributed by atoms with van der Waals surface area (Å²) in [5.74, 6) is 0.248. The minimum atomic E-state index is -0.378. The normalized spacial score (nSPS) is 14.3. The highest BCUT2D eigenvalue weighted by atomic mass is 16.2. The van der Waals surface area contributed by atoms with Gasteiger partial charge in [-0.15, -0.1) is 5.10 Å². The maximum atomic E-state index is 12.8. The Kier molecular flexibility index (Phi) is 4.41. The topological polar surface area (TPSA) is 115 Å². The SMILES string of the molecule is O=C(Nc1cnccc1N1CCNCC1)c1n[nH]c(-c2c[nH]c3ccccc23)n1. The number of anilines is 2. The number of piperazine rings is 1. The minimum absolute atomic E-state index is 0.0837. The van der Waals surface area contributed by atoms with Crippen LogP contribution in [0.15, 0.2) is 48.9 Å². The van der Waals surface area contributed by atoms with E-state index in [0.717, 1.165) is 48.3 Å². The fourth-order valence-corrected chi connectivity index (χ4v) is 3.59. The summed E-state index contributed by atoms with van der Waals surface area (Å²) in [6.45, 7) is 3.56. The third-order valence-electron chi connectivity index (χ3n) is 5.04. The van der Waals surface area contributed by atoms with Crippen molar-refractivity contribution in [2.75, 3.05) is 36.4 Å². The number of pyridine rings is 1. The van der Waals surface area contributed by atoms with Crippen LogP contribution in [0.4, 0.5) is 11.4 Å². The molecule has 1 aliphatic heterocycles. The molecule has 1 amide bonds. The van der Waals surface area contributed by atoms with Gasteiger partial charge in [-0.1, -0.05) is 18.2 Å². The van der Waals surface area contributed by atoms with E-state index in [2.05, 4.69) is 40.7 Å². The molecule has 9 heteroatoms. The highest BCUT2D eigenvalue weighted by Crippen LogP contribution is 2.27. The zero-order valence-corrected chi connectivity index (χ0v) is 15.6. The molecule has 1 aliphatic rings. The van der Waals surface area contributed by atoms with Gasteiger partial charge in [0.1, 0.15) is 0 Å². The van der Waals surface area contributed by atoms with E-state index in [9.17, 15) is 4.79 Å². The Hall–Kier alpha value is -3.72. The van der Waals surface area contributed by atoms with Crippen molar-refractivity contribution >= 4 is 28.2 Å². The average molecular weight is 388 g/mol. The molecule has 1 fully saturated rings. The fourth-order valence-electron chi connectivity index (χ4n) is 3.59. The van der Waals surface area contributed by atoms with Crippen LogP contribution >= 0.6 is 0 Å². The third-order valence-corrected chi connectivity index (χ3v) is 5.04.